The van der Waals surface area contributed by atoms with Crippen LogP contribution in [0.2, 0.25) is 0 Å². The Balaban J connectivity index is 0.000000175. The molecule has 1 atom stereocenters. The van der Waals surface area contributed by atoms with E-state index < -0.39 is 15.8 Å². The molecule has 0 heterocycles. The zero-order chi connectivity index (χ0) is 45.1. The molecule has 4 aliphatic carbocycles. The number of rotatable bonds is 8. The predicted octanol–water partition coefficient (Wildman–Crippen LogP) is 13.4. The van der Waals surface area contributed by atoms with E-state index in [4.69, 9.17) is 12.8 Å². The molecule has 0 saturated heterocycles. The maximum Gasteiger partial charge on any atom is 1.00 e. The first-order valence-electron chi connectivity index (χ1n) is 22.9. The molecule has 4 heteroatoms. The average Bonchev–Trinajstić information content (AvgIpc) is 3.95. The third kappa shape index (κ3) is 11.6. The van der Waals surface area contributed by atoms with Gasteiger partial charge in [-0.2, -0.15) is 0 Å². The fourth-order valence-corrected chi connectivity index (χ4v) is 15.3. The van der Waals surface area contributed by atoms with Gasteiger partial charge in [0.15, 0.2) is 0 Å². The smallest absolute Gasteiger partial charge is 0.366 e. The van der Waals surface area contributed by atoms with E-state index in [1.54, 1.807) is 0 Å². The zero-order valence-corrected chi connectivity index (χ0v) is 44.2. The molecular weight excluding hydrogens is 1220 g/mol. The first-order chi connectivity index (χ1) is 32.6. The minimum Gasteiger partial charge on any atom is -0.366 e. The van der Waals surface area contributed by atoms with E-state index >= 15 is 0 Å². The van der Waals surface area contributed by atoms with Crippen molar-refractivity contribution in [3.05, 3.63) is 282 Å². The second kappa shape index (κ2) is 24.6. The molecule has 7 aromatic rings. The molecule has 0 saturated carbocycles. The summed E-state index contributed by atoms with van der Waals surface area (Å²) in [5.74, 6) is 7.46. The van der Waals surface area contributed by atoms with Crippen LogP contribution in [0.5, 0.6) is 0 Å². The molecule has 4 aliphatic rings. The van der Waals surface area contributed by atoms with Crippen LogP contribution in [0, 0.1) is 24.7 Å². The fraction of sp³-hybridized carbons (Fsp3) is 0.0938. The second-order valence-corrected chi connectivity index (χ2v) is 21.6. The van der Waals surface area contributed by atoms with E-state index in [1.807, 2.05) is 12.2 Å². The number of allylic oxidation sites excluding steroid dienone is 12. The monoisotopic (exact) mass is 1280 g/mol. The fourth-order valence-electron chi connectivity index (χ4n) is 9.63. The van der Waals surface area contributed by atoms with Crippen molar-refractivity contribution in [3.63, 3.8) is 0 Å². The molecule has 0 radical (unpaired) electrons. The first-order valence-corrected chi connectivity index (χ1v) is 26.0. The Hall–Kier alpha value is -5.56. The quantitative estimate of drug-likeness (QED) is 0.0468. The van der Waals surface area contributed by atoms with Crippen LogP contribution < -0.4 is 26.5 Å². The summed E-state index contributed by atoms with van der Waals surface area (Å²) in [6.45, 7) is 3.82. The third-order valence-corrected chi connectivity index (χ3v) is 18.3. The van der Waals surface area contributed by atoms with Crippen molar-refractivity contribution in [3.8, 4) is 11.8 Å². The Bertz CT molecular complexity index is 3130. The van der Waals surface area contributed by atoms with Gasteiger partial charge in [-0.15, -0.1) is 23.3 Å². The topological polar surface area (TPSA) is 0 Å². The van der Waals surface area contributed by atoms with Crippen molar-refractivity contribution in [2.45, 2.75) is 38.5 Å². The van der Waals surface area contributed by atoms with Crippen molar-refractivity contribution in [1.29, 1.82) is 0 Å². The molecule has 0 amide bonds. The van der Waals surface area contributed by atoms with Crippen molar-refractivity contribution in [2.24, 2.45) is 0 Å². The summed E-state index contributed by atoms with van der Waals surface area (Å²) in [5.41, 5.74) is 13.5. The van der Waals surface area contributed by atoms with Gasteiger partial charge in [0.25, 0.3) is 0 Å². The summed E-state index contributed by atoms with van der Waals surface area (Å²) in [6.07, 6.45) is 33.0. The summed E-state index contributed by atoms with van der Waals surface area (Å²) in [7, 11) is -2.43. The normalized spacial score (nSPS) is 14.5. The number of hydrogen-bond acceptors (Lipinski definition) is 0. The number of fused-ring (bicyclic) bond motifs is 5. The number of hydrogen-bond donors (Lipinski definition) is 0. The van der Waals surface area contributed by atoms with Crippen LogP contribution in [0.1, 0.15) is 47.9 Å². The summed E-state index contributed by atoms with van der Waals surface area (Å²) in [5, 5.41) is 9.76. The van der Waals surface area contributed by atoms with Crippen LogP contribution in [0.4, 0.5) is 0 Å². The van der Waals surface area contributed by atoms with E-state index in [-0.39, 0.29) is 44.8 Å². The Morgan fingerprint density at radius 3 is 1.62 bits per heavy atom. The Labute approximate surface area is 438 Å². The summed E-state index contributed by atoms with van der Waals surface area (Å²) < 4.78 is 0. The molecule has 0 aromatic heterocycles. The van der Waals surface area contributed by atoms with Crippen LogP contribution in [0.3, 0.4) is 0 Å². The van der Waals surface area contributed by atoms with Crippen LogP contribution in [-0.2, 0) is 57.6 Å². The largest absolute Gasteiger partial charge is 1.00 e. The molecule has 0 fully saturated rings. The van der Waals surface area contributed by atoms with Gasteiger partial charge in [0, 0.05) is 0 Å². The van der Waals surface area contributed by atoms with Gasteiger partial charge in [-0.25, -0.2) is 0 Å². The Morgan fingerprint density at radius 1 is 0.485 bits per heavy atom. The van der Waals surface area contributed by atoms with E-state index in [0.717, 1.165) is 49.7 Å². The Kier molecular flexibility index (Phi) is 18.2. The molecule has 1 unspecified atom stereocenters. The van der Waals surface area contributed by atoms with Gasteiger partial charge >= 0.3 is 44.8 Å². The summed E-state index contributed by atoms with van der Waals surface area (Å²) in [4.78, 5) is 0. The Morgan fingerprint density at radius 2 is 1.00 bits per heavy atom. The first kappa shape index (κ1) is 50.3. The maximum atomic E-state index is 7.19. The molecule has 0 aliphatic heterocycles. The molecule has 338 valence electrons. The minimum absolute atomic E-state index is 0. The van der Waals surface area contributed by atoms with Gasteiger partial charge in [-0.05, 0) is 124 Å². The number of benzene rings is 7. The van der Waals surface area contributed by atoms with Crippen LogP contribution in [-0.4, -0.2) is 0 Å². The van der Waals surface area contributed by atoms with E-state index in [2.05, 4.69) is 224 Å². The van der Waals surface area contributed by atoms with Crippen molar-refractivity contribution in [2.75, 3.05) is 0 Å². The average molecular weight is 1280 g/mol. The predicted molar refractivity (Wildman–Crippen MR) is 290 cm³/mol. The molecule has 0 spiro atoms. The van der Waals surface area contributed by atoms with Crippen LogP contribution in [0.15, 0.2) is 247 Å². The molecule has 11 rings (SSSR count). The second-order valence-electron chi connectivity index (χ2n) is 16.9. The molecule has 7 aromatic carbocycles. The van der Waals surface area contributed by atoms with Gasteiger partial charge in [0.2, 0.25) is 0 Å². The van der Waals surface area contributed by atoms with Crippen LogP contribution in [0.25, 0.3) is 21.9 Å². The molecule has 0 nitrogen and oxygen atoms in total. The standard InChI is InChI=1S/C34H28P2.2C15H11.2Au/c1-2-3-4-16-25-35(30-19-8-5-9-20-30)33-26-28-17-14-15-18-29(28)27-34(33)36(31-21-10-6-11-22-31)32-23-12-7-13-24-32;1-2-11-7-8-15-13(9-11)10-12-5-3-4-6-14(12)15;1-2-11-7-8-13-10-12-5-3-4-6-14(12)15(13)9-11;;/h2-27H,1H2;2*3-6,9H,7-8,10H2;;/q;2*-1;2*+1/p+2/b4-3-,25-16+;;;;. The molecule has 68 heavy (non-hydrogen) atoms. The van der Waals surface area contributed by atoms with Gasteiger partial charge in [0.05, 0.1) is 13.7 Å². The van der Waals surface area contributed by atoms with E-state index in [9.17, 15) is 0 Å². The molecular formula is C64H52Au2P2+2. The SMILES string of the molecule is C=C/C=C\C=C\[PH+](c1ccccc1)c1cc2ccccc2cc1[PH+](c1ccccc1)c1ccccc1.[Au+].[Au+].[C-]#CC1=CC2=C(CC1)Cc1ccccc12.[C-]#CC1=CC2=C(CC1)c1ccccc1C2. The third-order valence-electron chi connectivity index (χ3n) is 12.8. The van der Waals surface area contributed by atoms with Crippen molar-refractivity contribution >= 4 is 64.3 Å². The minimum atomic E-state index is -1.23. The summed E-state index contributed by atoms with van der Waals surface area (Å²) in [6, 6.07) is 64.0. The van der Waals surface area contributed by atoms with Gasteiger partial charge in [-0.3, -0.25) is 11.8 Å². The van der Waals surface area contributed by atoms with E-state index in [1.165, 1.54) is 81.8 Å². The van der Waals surface area contributed by atoms with Crippen molar-refractivity contribution < 1.29 is 44.8 Å². The molecule has 0 bridgehead atoms. The molecule has 0 N–H and O–H groups in total. The maximum absolute atomic E-state index is 7.19. The summed E-state index contributed by atoms with van der Waals surface area (Å²) >= 11 is 0. The van der Waals surface area contributed by atoms with E-state index in [0.29, 0.717) is 0 Å². The van der Waals surface area contributed by atoms with Gasteiger partial charge in [0.1, 0.15) is 34.4 Å². The van der Waals surface area contributed by atoms with Gasteiger partial charge < -0.3 is 12.8 Å². The van der Waals surface area contributed by atoms with Gasteiger partial charge in [-0.1, -0.05) is 176 Å². The zero-order valence-electron chi connectivity index (χ0n) is 37.8. The van der Waals surface area contributed by atoms with Crippen molar-refractivity contribution in [1.82, 2.24) is 0 Å². The van der Waals surface area contributed by atoms with Crippen LogP contribution >= 0.6 is 15.8 Å².